The predicted octanol–water partition coefficient (Wildman–Crippen LogP) is 11.6. The number of benzene rings is 7. The van der Waals surface area contributed by atoms with Crippen molar-refractivity contribution in [3.8, 4) is 50.2 Å². The zero-order valence-electron chi connectivity index (χ0n) is 24.8. The second kappa shape index (κ2) is 10.4. The molecule has 0 saturated carbocycles. The van der Waals surface area contributed by atoms with Crippen LogP contribution in [0.3, 0.4) is 0 Å². The van der Waals surface area contributed by atoms with Gasteiger partial charge < -0.3 is 4.57 Å². The van der Waals surface area contributed by atoms with Crippen LogP contribution in [0.1, 0.15) is 11.1 Å². The molecule has 0 amide bonds. The molecule has 0 radical (unpaired) electrons. The second-order valence-corrected chi connectivity index (χ2v) is 11.9. The van der Waals surface area contributed by atoms with Crippen molar-refractivity contribution in [1.29, 1.82) is 0 Å². The van der Waals surface area contributed by atoms with E-state index < -0.39 is 11.6 Å². The molecule has 0 bridgehead atoms. The number of nitrogens with zero attached hydrogens (tertiary/aromatic N) is 1. The van der Waals surface area contributed by atoms with Crippen molar-refractivity contribution in [2.24, 2.45) is 0 Å². The van der Waals surface area contributed by atoms with Crippen LogP contribution in [0.2, 0.25) is 0 Å². The fraction of sp³-hybridized carbons (Fsp3) is 0.0233. The molecule has 0 unspecified atom stereocenters. The molecule has 0 aliphatic heterocycles. The number of halogens is 2. The first-order chi connectivity index (χ1) is 22.7. The molecule has 0 atom stereocenters. The molecule has 0 spiro atoms. The molecule has 1 aromatic heterocycles. The Morgan fingerprint density at radius 2 is 1.15 bits per heavy atom. The molecule has 7 aromatic carbocycles. The Bertz CT molecular complexity index is 2440. The van der Waals surface area contributed by atoms with Crippen LogP contribution in [0.25, 0.3) is 72.0 Å². The summed E-state index contributed by atoms with van der Waals surface area (Å²) >= 11 is 0. The number of hydrogen-bond acceptors (Lipinski definition) is 0. The van der Waals surface area contributed by atoms with Crippen molar-refractivity contribution < 1.29 is 8.78 Å². The Balaban J connectivity index is 1.46. The summed E-state index contributed by atoms with van der Waals surface area (Å²) in [5.41, 5.74) is 14.2. The molecule has 3 heteroatoms. The first-order valence-corrected chi connectivity index (χ1v) is 15.5. The standard InChI is InChI=1S/C43H27F2N/c44-31-23-24-33(37(45)26-31)27-19-21-29(22-20-27)40-41-34-16-8-7-13-30(34)25-36(41)39(28-11-3-1-4-12-28)42-35-17-9-10-18-38(35)46(43(40)42)32-14-5-2-6-15-32/h1-24,26H,25H2. The topological polar surface area (TPSA) is 4.93 Å². The highest BCUT2D eigenvalue weighted by atomic mass is 19.1. The lowest BCUT2D eigenvalue weighted by molar-refractivity contribution is 0.585. The zero-order chi connectivity index (χ0) is 30.8. The molecular formula is C43H27F2N. The molecule has 0 N–H and O–H groups in total. The third-order valence-electron chi connectivity index (χ3n) is 9.36. The minimum atomic E-state index is -0.582. The van der Waals surface area contributed by atoms with Gasteiger partial charge in [-0.05, 0) is 81.3 Å². The van der Waals surface area contributed by atoms with Gasteiger partial charge in [0.2, 0.25) is 0 Å². The summed E-state index contributed by atoms with van der Waals surface area (Å²) < 4.78 is 31.0. The van der Waals surface area contributed by atoms with Crippen LogP contribution in [0.15, 0.2) is 152 Å². The smallest absolute Gasteiger partial charge is 0.133 e. The number of fused-ring (bicyclic) bond motifs is 6. The lowest BCUT2D eigenvalue weighted by Gasteiger charge is -2.20. The Hall–Kier alpha value is -5.80. The largest absolute Gasteiger partial charge is 0.309 e. The highest BCUT2D eigenvalue weighted by Crippen LogP contribution is 2.54. The van der Waals surface area contributed by atoms with E-state index >= 15 is 0 Å². The van der Waals surface area contributed by atoms with Crippen LogP contribution in [0, 0.1) is 11.6 Å². The lowest BCUT2D eigenvalue weighted by atomic mass is 9.85. The molecule has 0 saturated heterocycles. The monoisotopic (exact) mass is 595 g/mol. The maximum absolute atomic E-state index is 14.8. The van der Waals surface area contributed by atoms with Crippen LogP contribution in [-0.4, -0.2) is 4.57 Å². The minimum Gasteiger partial charge on any atom is -0.309 e. The predicted molar refractivity (Wildman–Crippen MR) is 185 cm³/mol. The summed E-state index contributed by atoms with van der Waals surface area (Å²) in [5.74, 6) is -1.15. The first-order valence-electron chi connectivity index (χ1n) is 15.5. The van der Waals surface area contributed by atoms with Gasteiger partial charge in [-0.2, -0.15) is 0 Å². The number of hydrogen-bond donors (Lipinski definition) is 0. The molecule has 1 aliphatic rings. The van der Waals surface area contributed by atoms with E-state index in [-0.39, 0.29) is 0 Å². The van der Waals surface area contributed by atoms with Crippen LogP contribution in [0.4, 0.5) is 8.78 Å². The molecule has 9 rings (SSSR count). The molecule has 1 nitrogen and oxygen atoms in total. The SMILES string of the molecule is Fc1ccc(-c2ccc(-c3c4c(c(-c5ccccc5)c5c6ccccc6n(-c6ccccc6)c35)Cc3ccccc3-4)cc2)c(F)c1. The van der Waals surface area contributed by atoms with Gasteiger partial charge >= 0.3 is 0 Å². The summed E-state index contributed by atoms with van der Waals surface area (Å²) in [6.07, 6.45) is 0.836. The molecule has 0 fully saturated rings. The van der Waals surface area contributed by atoms with Crippen molar-refractivity contribution >= 4 is 21.8 Å². The summed E-state index contributed by atoms with van der Waals surface area (Å²) in [7, 11) is 0. The Kier molecular flexibility index (Phi) is 6.01. The van der Waals surface area contributed by atoms with Crippen LogP contribution in [-0.2, 0) is 6.42 Å². The van der Waals surface area contributed by atoms with E-state index in [9.17, 15) is 8.78 Å². The minimum absolute atomic E-state index is 0.381. The number of para-hydroxylation sites is 2. The van der Waals surface area contributed by atoms with Gasteiger partial charge in [0, 0.05) is 33.7 Å². The van der Waals surface area contributed by atoms with Crippen molar-refractivity contribution in [2.45, 2.75) is 6.42 Å². The van der Waals surface area contributed by atoms with Gasteiger partial charge in [-0.15, -0.1) is 0 Å². The lowest BCUT2D eigenvalue weighted by Crippen LogP contribution is -1.99. The highest BCUT2D eigenvalue weighted by molar-refractivity contribution is 6.24. The van der Waals surface area contributed by atoms with Gasteiger partial charge in [-0.1, -0.05) is 115 Å². The average molecular weight is 596 g/mol. The fourth-order valence-corrected chi connectivity index (χ4v) is 7.45. The Morgan fingerprint density at radius 3 is 1.93 bits per heavy atom. The molecule has 8 aromatic rings. The molecule has 46 heavy (non-hydrogen) atoms. The van der Waals surface area contributed by atoms with E-state index in [1.165, 1.54) is 56.3 Å². The second-order valence-electron chi connectivity index (χ2n) is 11.9. The van der Waals surface area contributed by atoms with Crippen molar-refractivity contribution in [2.75, 3.05) is 0 Å². The quantitative estimate of drug-likeness (QED) is 0.191. The van der Waals surface area contributed by atoms with Crippen LogP contribution < -0.4 is 0 Å². The third-order valence-corrected chi connectivity index (χ3v) is 9.36. The van der Waals surface area contributed by atoms with Crippen LogP contribution in [0.5, 0.6) is 0 Å². The van der Waals surface area contributed by atoms with Crippen molar-refractivity contribution in [3.63, 3.8) is 0 Å². The number of rotatable bonds is 4. The van der Waals surface area contributed by atoms with E-state index in [4.69, 9.17) is 0 Å². The molecule has 218 valence electrons. The van der Waals surface area contributed by atoms with Gasteiger partial charge in [0.25, 0.3) is 0 Å². The summed E-state index contributed by atoms with van der Waals surface area (Å²) in [6, 6.07) is 50.5. The number of aromatic nitrogens is 1. The first kappa shape index (κ1) is 26.6. The van der Waals surface area contributed by atoms with E-state index in [0.717, 1.165) is 40.3 Å². The zero-order valence-corrected chi connectivity index (χ0v) is 24.8. The van der Waals surface area contributed by atoms with Gasteiger partial charge in [-0.25, -0.2) is 8.78 Å². The highest BCUT2D eigenvalue weighted by Gasteiger charge is 2.31. The third kappa shape index (κ3) is 3.98. The summed E-state index contributed by atoms with van der Waals surface area (Å²) in [6.45, 7) is 0. The van der Waals surface area contributed by atoms with Crippen molar-refractivity contribution in [3.05, 3.63) is 174 Å². The van der Waals surface area contributed by atoms with Crippen molar-refractivity contribution in [1.82, 2.24) is 4.57 Å². The molecule has 1 heterocycles. The van der Waals surface area contributed by atoms with Gasteiger partial charge in [0.05, 0.1) is 11.0 Å². The summed E-state index contributed by atoms with van der Waals surface area (Å²) in [4.78, 5) is 0. The fourth-order valence-electron chi connectivity index (χ4n) is 7.45. The van der Waals surface area contributed by atoms with Crippen LogP contribution >= 0.6 is 0 Å². The maximum Gasteiger partial charge on any atom is 0.133 e. The average Bonchev–Trinajstić information content (AvgIpc) is 3.65. The van der Waals surface area contributed by atoms with E-state index in [0.29, 0.717) is 11.1 Å². The molecular weight excluding hydrogens is 568 g/mol. The van der Waals surface area contributed by atoms with E-state index in [2.05, 4.69) is 126 Å². The van der Waals surface area contributed by atoms with Gasteiger partial charge in [0.1, 0.15) is 11.6 Å². The van der Waals surface area contributed by atoms with E-state index in [1.54, 1.807) is 0 Å². The summed E-state index contributed by atoms with van der Waals surface area (Å²) in [5, 5.41) is 2.42. The maximum atomic E-state index is 14.8. The Labute approximate surface area is 265 Å². The van der Waals surface area contributed by atoms with Gasteiger partial charge in [-0.3, -0.25) is 0 Å². The normalized spacial score (nSPS) is 12.0. The van der Waals surface area contributed by atoms with E-state index in [1.807, 2.05) is 12.1 Å². The Morgan fingerprint density at radius 1 is 0.500 bits per heavy atom. The van der Waals surface area contributed by atoms with Gasteiger partial charge in [0.15, 0.2) is 0 Å². The molecule has 1 aliphatic carbocycles.